The molecule has 0 spiro atoms. The lowest BCUT2D eigenvalue weighted by atomic mass is 10.2. The Kier molecular flexibility index (Phi) is 4.09. The second kappa shape index (κ2) is 5.57. The standard InChI is InChI=1S/C12H13BrN2S/c1-2-14-6-9-5-10(8-15-7-9)12-11(13)3-4-16-12/h3-5,7-8,14H,2,6H2,1H3. The zero-order valence-electron chi connectivity index (χ0n) is 9.03. The molecule has 0 amide bonds. The molecule has 1 N–H and O–H groups in total. The number of thiophene rings is 1. The molecular weight excluding hydrogens is 284 g/mol. The van der Waals surface area contributed by atoms with Crippen LogP contribution in [-0.4, -0.2) is 11.5 Å². The minimum absolute atomic E-state index is 0.875. The summed E-state index contributed by atoms with van der Waals surface area (Å²) in [6.45, 7) is 3.96. The van der Waals surface area contributed by atoms with Gasteiger partial charge in [-0.3, -0.25) is 4.98 Å². The second-order valence-corrected chi connectivity index (χ2v) is 5.23. The smallest absolute Gasteiger partial charge is 0.0500 e. The Morgan fingerprint density at radius 1 is 1.44 bits per heavy atom. The van der Waals surface area contributed by atoms with Crippen molar-refractivity contribution in [3.8, 4) is 10.4 Å². The highest BCUT2D eigenvalue weighted by molar-refractivity contribution is 9.10. The molecule has 2 rings (SSSR count). The van der Waals surface area contributed by atoms with E-state index in [9.17, 15) is 0 Å². The molecule has 0 aromatic carbocycles. The van der Waals surface area contributed by atoms with E-state index < -0.39 is 0 Å². The third-order valence-corrected chi connectivity index (χ3v) is 4.14. The van der Waals surface area contributed by atoms with Gasteiger partial charge in [0.15, 0.2) is 0 Å². The quantitative estimate of drug-likeness (QED) is 0.931. The molecule has 2 aromatic rings. The van der Waals surface area contributed by atoms with E-state index in [2.05, 4.69) is 50.7 Å². The summed E-state index contributed by atoms with van der Waals surface area (Å²) in [4.78, 5) is 5.52. The highest BCUT2D eigenvalue weighted by Crippen LogP contribution is 2.33. The van der Waals surface area contributed by atoms with Gasteiger partial charge in [0, 0.05) is 33.9 Å². The van der Waals surface area contributed by atoms with Crippen molar-refractivity contribution >= 4 is 27.3 Å². The summed E-state index contributed by atoms with van der Waals surface area (Å²) < 4.78 is 1.14. The van der Waals surface area contributed by atoms with Crippen molar-refractivity contribution in [3.63, 3.8) is 0 Å². The van der Waals surface area contributed by atoms with Gasteiger partial charge in [0.25, 0.3) is 0 Å². The van der Waals surface area contributed by atoms with Gasteiger partial charge in [0.2, 0.25) is 0 Å². The molecule has 0 saturated carbocycles. The first-order valence-electron chi connectivity index (χ1n) is 5.19. The molecule has 4 heteroatoms. The maximum Gasteiger partial charge on any atom is 0.0500 e. The molecular formula is C12H13BrN2S. The molecule has 0 radical (unpaired) electrons. The number of halogens is 1. The van der Waals surface area contributed by atoms with E-state index in [0.29, 0.717) is 0 Å². The van der Waals surface area contributed by atoms with E-state index in [0.717, 1.165) is 17.6 Å². The van der Waals surface area contributed by atoms with E-state index in [4.69, 9.17) is 0 Å². The van der Waals surface area contributed by atoms with E-state index in [1.165, 1.54) is 16.0 Å². The molecule has 84 valence electrons. The SMILES string of the molecule is CCNCc1cncc(-c2sccc2Br)c1. The minimum atomic E-state index is 0.875. The fraction of sp³-hybridized carbons (Fsp3) is 0.250. The molecule has 0 aliphatic rings. The van der Waals surface area contributed by atoms with E-state index in [1.807, 2.05) is 12.4 Å². The van der Waals surface area contributed by atoms with Crippen LogP contribution in [0, 0.1) is 0 Å². The van der Waals surface area contributed by atoms with Gasteiger partial charge < -0.3 is 5.32 Å². The van der Waals surface area contributed by atoms with Crippen LogP contribution in [-0.2, 0) is 6.54 Å². The van der Waals surface area contributed by atoms with Crippen LogP contribution in [0.5, 0.6) is 0 Å². The number of pyridine rings is 1. The van der Waals surface area contributed by atoms with Crippen molar-refractivity contribution < 1.29 is 0 Å². The largest absolute Gasteiger partial charge is 0.313 e. The monoisotopic (exact) mass is 296 g/mol. The van der Waals surface area contributed by atoms with Gasteiger partial charge in [-0.2, -0.15) is 0 Å². The lowest BCUT2D eigenvalue weighted by Crippen LogP contribution is -2.11. The van der Waals surface area contributed by atoms with Crippen LogP contribution in [0.15, 0.2) is 34.4 Å². The van der Waals surface area contributed by atoms with Crippen LogP contribution in [0.25, 0.3) is 10.4 Å². The fourth-order valence-corrected chi connectivity index (χ4v) is 3.06. The molecule has 2 nitrogen and oxygen atoms in total. The molecule has 2 aromatic heterocycles. The Balaban J connectivity index is 2.26. The topological polar surface area (TPSA) is 24.9 Å². The number of aromatic nitrogens is 1. The Labute approximate surface area is 108 Å². The Bertz CT molecular complexity index is 468. The first-order chi connectivity index (χ1) is 7.81. The Morgan fingerprint density at radius 2 is 2.31 bits per heavy atom. The number of rotatable bonds is 4. The first-order valence-corrected chi connectivity index (χ1v) is 6.86. The molecule has 0 unspecified atom stereocenters. The van der Waals surface area contributed by atoms with Crippen molar-refractivity contribution in [2.75, 3.05) is 6.54 Å². The predicted molar refractivity (Wildman–Crippen MR) is 72.6 cm³/mol. The van der Waals surface area contributed by atoms with Crippen LogP contribution in [0.4, 0.5) is 0 Å². The summed E-state index contributed by atoms with van der Waals surface area (Å²) in [6.07, 6.45) is 3.82. The van der Waals surface area contributed by atoms with Gasteiger partial charge in [0.1, 0.15) is 0 Å². The summed E-state index contributed by atoms with van der Waals surface area (Å²) in [5, 5.41) is 5.38. The average molecular weight is 297 g/mol. The van der Waals surface area contributed by atoms with Crippen molar-refractivity contribution in [1.82, 2.24) is 10.3 Å². The average Bonchev–Trinajstić information content (AvgIpc) is 2.73. The van der Waals surface area contributed by atoms with Crippen LogP contribution in [0.3, 0.4) is 0 Å². The van der Waals surface area contributed by atoms with Crippen LogP contribution < -0.4 is 5.32 Å². The minimum Gasteiger partial charge on any atom is -0.313 e. The van der Waals surface area contributed by atoms with E-state index >= 15 is 0 Å². The molecule has 2 heterocycles. The molecule has 0 fully saturated rings. The maximum atomic E-state index is 4.28. The van der Waals surface area contributed by atoms with Gasteiger partial charge in [0.05, 0.1) is 0 Å². The van der Waals surface area contributed by atoms with Crippen molar-refractivity contribution in [1.29, 1.82) is 0 Å². The summed E-state index contributed by atoms with van der Waals surface area (Å²) in [5.41, 5.74) is 2.40. The van der Waals surface area contributed by atoms with Gasteiger partial charge in [-0.1, -0.05) is 6.92 Å². The van der Waals surface area contributed by atoms with Gasteiger partial charge in [-0.05, 0) is 45.6 Å². The normalized spacial score (nSPS) is 10.6. The van der Waals surface area contributed by atoms with Crippen LogP contribution in [0.1, 0.15) is 12.5 Å². The molecule has 0 saturated heterocycles. The highest BCUT2D eigenvalue weighted by Gasteiger charge is 2.05. The molecule has 16 heavy (non-hydrogen) atoms. The Hall–Kier alpha value is -0.710. The third-order valence-electron chi connectivity index (χ3n) is 2.25. The lowest BCUT2D eigenvalue weighted by Gasteiger charge is -2.04. The summed E-state index contributed by atoms with van der Waals surface area (Å²) in [5.74, 6) is 0. The van der Waals surface area contributed by atoms with E-state index in [1.54, 1.807) is 11.3 Å². The molecule has 0 bridgehead atoms. The van der Waals surface area contributed by atoms with Crippen molar-refractivity contribution in [3.05, 3.63) is 39.9 Å². The number of hydrogen-bond acceptors (Lipinski definition) is 3. The molecule has 0 atom stereocenters. The molecule has 0 aliphatic heterocycles. The van der Waals surface area contributed by atoms with Crippen LogP contribution in [0.2, 0.25) is 0 Å². The van der Waals surface area contributed by atoms with Crippen molar-refractivity contribution in [2.24, 2.45) is 0 Å². The predicted octanol–water partition coefficient (Wildman–Crippen LogP) is 3.68. The summed E-state index contributed by atoms with van der Waals surface area (Å²) in [7, 11) is 0. The zero-order chi connectivity index (χ0) is 11.4. The number of nitrogens with zero attached hydrogens (tertiary/aromatic N) is 1. The highest BCUT2D eigenvalue weighted by atomic mass is 79.9. The molecule has 0 aliphatic carbocycles. The first kappa shape index (κ1) is 11.8. The number of hydrogen-bond donors (Lipinski definition) is 1. The van der Waals surface area contributed by atoms with Gasteiger partial charge in [-0.25, -0.2) is 0 Å². The third kappa shape index (κ3) is 2.70. The lowest BCUT2D eigenvalue weighted by molar-refractivity contribution is 0.724. The van der Waals surface area contributed by atoms with Gasteiger partial charge in [-0.15, -0.1) is 11.3 Å². The number of nitrogens with one attached hydrogen (secondary N) is 1. The van der Waals surface area contributed by atoms with E-state index in [-0.39, 0.29) is 0 Å². The zero-order valence-corrected chi connectivity index (χ0v) is 11.4. The maximum absolute atomic E-state index is 4.28. The summed E-state index contributed by atoms with van der Waals surface area (Å²) in [6, 6.07) is 4.25. The van der Waals surface area contributed by atoms with Gasteiger partial charge >= 0.3 is 0 Å². The fourth-order valence-electron chi connectivity index (χ4n) is 1.48. The van der Waals surface area contributed by atoms with Crippen molar-refractivity contribution in [2.45, 2.75) is 13.5 Å². The van der Waals surface area contributed by atoms with Crippen LogP contribution >= 0.6 is 27.3 Å². The summed E-state index contributed by atoms with van der Waals surface area (Å²) >= 11 is 5.28. The Morgan fingerprint density at radius 3 is 3.00 bits per heavy atom. The second-order valence-electron chi connectivity index (χ2n) is 3.46.